The van der Waals surface area contributed by atoms with Crippen LogP contribution in [0.3, 0.4) is 0 Å². The zero-order valence-electron chi connectivity index (χ0n) is 12.6. The van der Waals surface area contributed by atoms with E-state index < -0.39 is 9.75 Å². The molecule has 0 aliphatic heterocycles. The molecule has 1 unspecified atom stereocenters. The lowest BCUT2D eigenvalue weighted by Gasteiger charge is -2.22. The van der Waals surface area contributed by atoms with Crippen LogP contribution in [-0.4, -0.2) is 21.8 Å². The van der Waals surface area contributed by atoms with E-state index in [0.29, 0.717) is 18.1 Å². The van der Waals surface area contributed by atoms with Crippen molar-refractivity contribution >= 4 is 45.6 Å². The number of hydrogen-bond acceptors (Lipinski definition) is 3. The first-order valence-electron chi connectivity index (χ1n) is 7.21. The summed E-state index contributed by atoms with van der Waals surface area (Å²) < 4.78 is -0.997. The average Bonchev–Trinajstić information content (AvgIpc) is 2.91. The number of amides is 1. The molecule has 120 valence electrons. The van der Waals surface area contributed by atoms with Gasteiger partial charge in [-0.15, -0.1) is 41.1 Å². The number of hydrogen-bond donors (Lipinski definition) is 0. The summed E-state index contributed by atoms with van der Waals surface area (Å²) >= 11 is 13.7. The van der Waals surface area contributed by atoms with Gasteiger partial charge in [-0.1, -0.05) is 36.4 Å². The largest absolute Gasteiger partial charge is 0.284 e. The lowest BCUT2D eigenvalue weighted by molar-refractivity contribution is -0.123. The summed E-state index contributed by atoms with van der Waals surface area (Å²) in [6, 6.07) is 9.86. The zero-order chi connectivity index (χ0) is 16.7. The third-order valence-electron chi connectivity index (χ3n) is 4.08. The van der Waals surface area contributed by atoms with E-state index in [0.717, 1.165) is 11.3 Å². The summed E-state index contributed by atoms with van der Waals surface area (Å²) in [5, 5.41) is 2.57. The Bertz CT molecular complexity index is 744. The van der Waals surface area contributed by atoms with Gasteiger partial charge in [0.1, 0.15) is 4.33 Å². The molecule has 1 atom stereocenters. The molecule has 0 spiro atoms. The van der Waals surface area contributed by atoms with E-state index in [2.05, 4.69) is 11.6 Å². The molecular formula is C17H16Cl2N2OS. The Morgan fingerprint density at radius 1 is 1.43 bits per heavy atom. The molecule has 3 rings (SSSR count). The number of aromatic nitrogens is 1. The fraction of sp³-hybridized carbons (Fsp3) is 0.294. The second kappa shape index (κ2) is 5.93. The van der Waals surface area contributed by atoms with Gasteiger partial charge in [0.25, 0.3) is 0 Å². The van der Waals surface area contributed by atoms with E-state index in [1.165, 1.54) is 11.3 Å². The minimum Gasteiger partial charge on any atom is -0.284 e. The highest BCUT2D eigenvalue weighted by atomic mass is 35.5. The molecule has 1 aliphatic carbocycles. The molecule has 1 saturated carbocycles. The van der Waals surface area contributed by atoms with Crippen LogP contribution in [0, 0.1) is 5.41 Å². The van der Waals surface area contributed by atoms with Gasteiger partial charge in [-0.25, -0.2) is 4.98 Å². The topological polar surface area (TPSA) is 33.2 Å². The van der Waals surface area contributed by atoms with Gasteiger partial charge in [0, 0.05) is 17.5 Å². The van der Waals surface area contributed by atoms with Crippen LogP contribution in [0.25, 0.3) is 11.3 Å². The smallest absolute Gasteiger partial charge is 0.238 e. The Morgan fingerprint density at radius 3 is 2.65 bits per heavy atom. The number of benzene rings is 1. The van der Waals surface area contributed by atoms with Gasteiger partial charge in [0.15, 0.2) is 5.13 Å². The average molecular weight is 367 g/mol. The van der Waals surface area contributed by atoms with Crippen molar-refractivity contribution < 1.29 is 4.79 Å². The highest BCUT2D eigenvalue weighted by Crippen LogP contribution is 2.64. The summed E-state index contributed by atoms with van der Waals surface area (Å²) in [5.41, 5.74) is 1.09. The van der Waals surface area contributed by atoms with Crippen molar-refractivity contribution in [2.75, 3.05) is 11.4 Å². The number of alkyl halides is 2. The van der Waals surface area contributed by atoms with E-state index in [4.69, 9.17) is 23.2 Å². The molecular weight excluding hydrogens is 351 g/mol. The number of rotatable bonds is 5. The van der Waals surface area contributed by atoms with Crippen LogP contribution in [0.5, 0.6) is 0 Å². The number of thiazole rings is 1. The predicted octanol–water partition coefficient (Wildman–Crippen LogP) is 4.91. The number of nitrogens with zero attached hydrogens (tertiary/aromatic N) is 2. The Balaban J connectivity index is 1.90. The van der Waals surface area contributed by atoms with Crippen LogP contribution < -0.4 is 4.90 Å². The van der Waals surface area contributed by atoms with E-state index >= 15 is 0 Å². The number of carbonyl (C=O) groups is 1. The Labute approximate surface area is 149 Å². The Kier molecular flexibility index (Phi) is 4.25. The number of carbonyl (C=O) groups excluding carboxylic acids is 1. The van der Waals surface area contributed by atoms with Crippen LogP contribution in [0.4, 0.5) is 5.13 Å². The fourth-order valence-corrected chi connectivity index (χ4v) is 3.97. The maximum Gasteiger partial charge on any atom is 0.238 e. The van der Waals surface area contributed by atoms with Crippen LogP contribution >= 0.6 is 34.5 Å². The molecule has 1 fully saturated rings. The van der Waals surface area contributed by atoms with E-state index in [1.807, 2.05) is 35.7 Å². The standard InChI is InChI=1S/C17H16Cl2N2OS/c1-3-9-21(14(22)16(2)11-17(16,18)19)15-20-13(10-23-15)12-7-5-4-6-8-12/h3-8,10H,1,9,11H2,2H3. The van der Waals surface area contributed by atoms with E-state index in [-0.39, 0.29) is 5.91 Å². The lowest BCUT2D eigenvalue weighted by atomic mass is 10.1. The van der Waals surface area contributed by atoms with E-state index in [1.54, 1.807) is 17.9 Å². The highest BCUT2D eigenvalue weighted by molar-refractivity contribution is 7.14. The highest BCUT2D eigenvalue weighted by Gasteiger charge is 2.69. The molecule has 1 aromatic carbocycles. The Morgan fingerprint density at radius 2 is 2.09 bits per heavy atom. The van der Waals surface area contributed by atoms with Crippen molar-refractivity contribution in [1.29, 1.82) is 0 Å². The first kappa shape index (κ1) is 16.5. The predicted molar refractivity (Wildman–Crippen MR) is 97.3 cm³/mol. The maximum atomic E-state index is 12.9. The molecule has 1 heterocycles. The van der Waals surface area contributed by atoms with Gasteiger partial charge >= 0.3 is 0 Å². The van der Waals surface area contributed by atoms with Crippen molar-refractivity contribution in [1.82, 2.24) is 4.98 Å². The molecule has 1 aromatic heterocycles. The van der Waals surface area contributed by atoms with Gasteiger partial charge < -0.3 is 0 Å². The maximum absolute atomic E-state index is 12.9. The first-order valence-corrected chi connectivity index (χ1v) is 8.84. The molecule has 1 amide bonds. The summed E-state index contributed by atoms with van der Waals surface area (Å²) in [5.74, 6) is -0.114. The minimum atomic E-state index is -0.997. The second-order valence-corrected chi connectivity index (χ2v) is 8.12. The molecule has 0 radical (unpaired) electrons. The normalized spacial score (nSPS) is 21.7. The van der Waals surface area contributed by atoms with Crippen molar-refractivity contribution in [3.8, 4) is 11.3 Å². The molecule has 0 bridgehead atoms. The third kappa shape index (κ3) is 2.91. The van der Waals surface area contributed by atoms with Gasteiger partial charge in [-0.2, -0.15) is 0 Å². The SMILES string of the molecule is C=CCN(C(=O)C1(C)CC1(Cl)Cl)c1nc(-c2ccccc2)cs1. The van der Waals surface area contributed by atoms with Gasteiger partial charge in [0.05, 0.1) is 11.1 Å². The van der Waals surface area contributed by atoms with Gasteiger partial charge in [-0.05, 0) is 13.3 Å². The molecule has 0 saturated heterocycles. The van der Waals surface area contributed by atoms with Crippen LogP contribution in [0.2, 0.25) is 0 Å². The molecule has 6 heteroatoms. The van der Waals surface area contributed by atoms with Crippen LogP contribution in [0.1, 0.15) is 13.3 Å². The van der Waals surface area contributed by atoms with Gasteiger partial charge in [-0.3, -0.25) is 9.69 Å². The van der Waals surface area contributed by atoms with Crippen molar-refractivity contribution in [3.63, 3.8) is 0 Å². The lowest BCUT2D eigenvalue weighted by Crippen LogP contribution is -2.38. The third-order valence-corrected chi connectivity index (χ3v) is 6.04. The molecule has 3 nitrogen and oxygen atoms in total. The zero-order valence-corrected chi connectivity index (χ0v) is 15.0. The quantitative estimate of drug-likeness (QED) is 0.556. The number of anilines is 1. The summed E-state index contributed by atoms with van der Waals surface area (Å²) in [6.45, 7) is 5.89. The molecule has 23 heavy (non-hydrogen) atoms. The van der Waals surface area contributed by atoms with Crippen LogP contribution in [-0.2, 0) is 4.79 Å². The van der Waals surface area contributed by atoms with Crippen molar-refractivity contribution in [2.45, 2.75) is 17.7 Å². The van der Waals surface area contributed by atoms with Crippen molar-refractivity contribution in [3.05, 3.63) is 48.4 Å². The summed E-state index contributed by atoms with van der Waals surface area (Å²) in [4.78, 5) is 19.1. The van der Waals surface area contributed by atoms with Crippen LogP contribution in [0.15, 0.2) is 48.4 Å². The molecule has 1 aliphatic rings. The van der Waals surface area contributed by atoms with Gasteiger partial charge in [0.2, 0.25) is 5.91 Å². The minimum absolute atomic E-state index is 0.114. The monoisotopic (exact) mass is 366 g/mol. The summed E-state index contributed by atoms with van der Waals surface area (Å²) in [7, 11) is 0. The Hall–Kier alpha value is -1.36. The second-order valence-electron chi connectivity index (χ2n) is 5.80. The fourth-order valence-electron chi connectivity index (χ4n) is 2.44. The molecule has 2 aromatic rings. The van der Waals surface area contributed by atoms with E-state index in [9.17, 15) is 4.79 Å². The first-order chi connectivity index (χ1) is 10.9. The summed E-state index contributed by atoms with van der Waals surface area (Å²) in [6.07, 6.45) is 2.13. The molecule has 0 N–H and O–H groups in total. The number of halogens is 2. The van der Waals surface area contributed by atoms with Crippen molar-refractivity contribution in [2.24, 2.45) is 5.41 Å².